The number of rotatable bonds is 8. The van der Waals surface area contributed by atoms with E-state index in [1.165, 1.54) is 24.3 Å². The number of benzene rings is 1. The van der Waals surface area contributed by atoms with Crippen molar-refractivity contribution >= 4 is 12.1 Å². The fourth-order valence-electron chi connectivity index (χ4n) is 4.18. The fourth-order valence-corrected chi connectivity index (χ4v) is 4.18. The Morgan fingerprint density at radius 1 is 1.29 bits per heavy atom. The molecular formula is C25H35FN2O6. The molecule has 3 rings (SSSR count). The van der Waals surface area contributed by atoms with E-state index in [9.17, 15) is 19.1 Å². The molecule has 1 aliphatic carbocycles. The first-order chi connectivity index (χ1) is 16.1. The van der Waals surface area contributed by atoms with Gasteiger partial charge < -0.3 is 30.0 Å². The lowest BCUT2D eigenvalue weighted by Crippen LogP contribution is -2.56. The van der Waals surface area contributed by atoms with E-state index >= 15 is 0 Å². The van der Waals surface area contributed by atoms with Gasteiger partial charge in [0.1, 0.15) is 17.2 Å². The molecule has 4 atom stereocenters. The van der Waals surface area contributed by atoms with E-state index in [1.807, 2.05) is 26.8 Å². The summed E-state index contributed by atoms with van der Waals surface area (Å²) < 4.78 is 30.5. The van der Waals surface area contributed by atoms with Gasteiger partial charge in [0.15, 0.2) is 0 Å². The number of halogens is 1. The number of carboxylic acids is 1. The van der Waals surface area contributed by atoms with Gasteiger partial charge in [0.25, 0.3) is 0 Å². The lowest BCUT2D eigenvalue weighted by molar-refractivity contribution is -0.143. The van der Waals surface area contributed by atoms with Gasteiger partial charge in [-0.25, -0.2) is 14.0 Å². The highest BCUT2D eigenvalue weighted by Crippen LogP contribution is 2.27. The van der Waals surface area contributed by atoms with Gasteiger partial charge >= 0.3 is 12.1 Å². The minimum absolute atomic E-state index is 0.0327. The number of hydrogen-bond acceptors (Lipinski definition) is 6. The number of carbonyl (C=O) groups is 2. The average Bonchev–Trinajstić information content (AvgIpc) is 2.76. The second kappa shape index (κ2) is 11.7. The fraction of sp³-hybridized carbons (Fsp3) is 0.600. The van der Waals surface area contributed by atoms with Gasteiger partial charge in [0, 0.05) is 12.1 Å². The highest BCUT2D eigenvalue weighted by molar-refractivity contribution is 5.76. The van der Waals surface area contributed by atoms with E-state index in [0.717, 1.165) is 19.4 Å². The van der Waals surface area contributed by atoms with Crippen LogP contribution in [-0.4, -0.2) is 60.2 Å². The van der Waals surface area contributed by atoms with Crippen LogP contribution in [-0.2, 0) is 14.3 Å². The molecule has 1 amide bonds. The zero-order chi connectivity index (χ0) is 24.7. The topological polar surface area (TPSA) is 106 Å². The Labute approximate surface area is 199 Å². The second-order valence-electron chi connectivity index (χ2n) is 9.76. The standard InChI is InChI=1S/C25H35FN2O6/c1-25(2,3)34-24(31)28-20-8-5-13-27-21(20)15-32-18-11-9-16(10-12-18)22(23(29)30)33-19-7-4-6-17(26)14-19/h4,6-7,9,14,18,20-22,27H,5,8,10-13,15H2,1-3H3,(H,28,31)(H,29,30). The van der Waals surface area contributed by atoms with Gasteiger partial charge in [-0.05, 0) is 77.1 Å². The molecule has 1 heterocycles. The van der Waals surface area contributed by atoms with Crippen molar-refractivity contribution in [2.45, 2.75) is 82.8 Å². The summed E-state index contributed by atoms with van der Waals surface area (Å²) in [6, 6.07) is 5.34. The quantitative estimate of drug-likeness (QED) is 0.488. The van der Waals surface area contributed by atoms with Gasteiger partial charge in [-0.3, -0.25) is 0 Å². The molecule has 0 radical (unpaired) electrons. The van der Waals surface area contributed by atoms with Crippen molar-refractivity contribution in [3.8, 4) is 5.75 Å². The Kier molecular flexibility index (Phi) is 8.90. The van der Waals surface area contributed by atoms with E-state index in [2.05, 4.69) is 10.6 Å². The number of nitrogens with one attached hydrogen (secondary N) is 2. The molecule has 188 valence electrons. The minimum Gasteiger partial charge on any atom is -0.478 e. The molecule has 0 bridgehead atoms. The largest absolute Gasteiger partial charge is 0.478 e. The van der Waals surface area contributed by atoms with Crippen molar-refractivity contribution in [2.75, 3.05) is 13.2 Å². The van der Waals surface area contributed by atoms with Gasteiger partial charge in [-0.2, -0.15) is 0 Å². The van der Waals surface area contributed by atoms with Crippen LogP contribution in [0.2, 0.25) is 0 Å². The molecule has 1 aromatic rings. The van der Waals surface area contributed by atoms with Crippen LogP contribution in [0.25, 0.3) is 0 Å². The second-order valence-corrected chi connectivity index (χ2v) is 9.76. The summed E-state index contributed by atoms with van der Waals surface area (Å²) in [4.78, 5) is 24.0. The molecule has 0 aromatic heterocycles. The third kappa shape index (κ3) is 7.99. The predicted molar refractivity (Wildman–Crippen MR) is 124 cm³/mol. The maximum absolute atomic E-state index is 13.4. The number of ether oxygens (including phenoxy) is 3. The molecule has 1 aliphatic heterocycles. The minimum atomic E-state index is -1.16. The number of hydrogen-bond donors (Lipinski definition) is 3. The smallest absolute Gasteiger partial charge is 0.407 e. The molecule has 0 saturated carbocycles. The normalized spacial score (nSPS) is 24.0. The van der Waals surface area contributed by atoms with Gasteiger partial charge in [-0.1, -0.05) is 12.1 Å². The van der Waals surface area contributed by atoms with Crippen LogP contribution in [0.15, 0.2) is 35.9 Å². The number of aliphatic carboxylic acids is 1. The molecule has 1 aromatic carbocycles. The molecule has 4 unspecified atom stereocenters. The van der Waals surface area contributed by atoms with Crippen LogP contribution in [0.3, 0.4) is 0 Å². The molecule has 1 saturated heterocycles. The van der Waals surface area contributed by atoms with Crippen molar-refractivity contribution < 1.29 is 33.3 Å². The third-order valence-electron chi connectivity index (χ3n) is 5.81. The summed E-state index contributed by atoms with van der Waals surface area (Å²) in [6.07, 6.45) is 3.70. The summed E-state index contributed by atoms with van der Waals surface area (Å²) in [6.45, 7) is 6.77. The summed E-state index contributed by atoms with van der Waals surface area (Å²) >= 11 is 0. The van der Waals surface area contributed by atoms with Crippen molar-refractivity contribution in [1.82, 2.24) is 10.6 Å². The lowest BCUT2D eigenvalue weighted by Gasteiger charge is -2.35. The molecular weight excluding hydrogens is 443 g/mol. The summed E-state index contributed by atoms with van der Waals surface area (Å²) in [5.41, 5.74) is 0.0909. The SMILES string of the molecule is CC(C)(C)OC(=O)NC1CCCNC1COC1CC=C(C(Oc2cccc(F)c2)C(=O)O)CC1. The highest BCUT2D eigenvalue weighted by Gasteiger charge is 2.31. The summed E-state index contributed by atoms with van der Waals surface area (Å²) in [5.74, 6) is -1.42. The maximum atomic E-state index is 13.4. The zero-order valence-electron chi connectivity index (χ0n) is 20.0. The van der Waals surface area contributed by atoms with Crippen LogP contribution >= 0.6 is 0 Å². The Balaban J connectivity index is 1.52. The lowest BCUT2D eigenvalue weighted by atomic mass is 9.93. The molecule has 2 aliphatic rings. The van der Waals surface area contributed by atoms with Gasteiger partial charge in [0.2, 0.25) is 6.10 Å². The van der Waals surface area contributed by atoms with Crippen molar-refractivity contribution in [2.24, 2.45) is 0 Å². The van der Waals surface area contributed by atoms with Crippen molar-refractivity contribution in [3.63, 3.8) is 0 Å². The molecule has 0 spiro atoms. The summed E-state index contributed by atoms with van der Waals surface area (Å²) in [5, 5.41) is 16.0. The van der Waals surface area contributed by atoms with Gasteiger partial charge in [-0.15, -0.1) is 0 Å². The first-order valence-electron chi connectivity index (χ1n) is 11.8. The molecule has 34 heavy (non-hydrogen) atoms. The highest BCUT2D eigenvalue weighted by atomic mass is 19.1. The molecule has 9 heteroatoms. The molecule has 8 nitrogen and oxygen atoms in total. The Morgan fingerprint density at radius 3 is 2.74 bits per heavy atom. The first-order valence-corrected chi connectivity index (χ1v) is 11.8. The van der Waals surface area contributed by atoms with E-state index in [4.69, 9.17) is 14.2 Å². The van der Waals surface area contributed by atoms with E-state index in [1.54, 1.807) is 0 Å². The number of carbonyl (C=O) groups excluding carboxylic acids is 1. The molecule has 3 N–H and O–H groups in total. The van der Waals surface area contributed by atoms with Crippen molar-refractivity contribution in [3.05, 3.63) is 41.7 Å². The molecule has 1 fully saturated rings. The average molecular weight is 479 g/mol. The van der Waals surface area contributed by atoms with E-state index in [-0.39, 0.29) is 23.9 Å². The van der Waals surface area contributed by atoms with Crippen LogP contribution < -0.4 is 15.4 Å². The first kappa shape index (κ1) is 26.0. The number of amides is 1. The van der Waals surface area contributed by atoms with E-state index < -0.39 is 29.6 Å². The van der Waals surface area contributed by atoms with Gasteiger partial charge in [0.05, 0.1) is 18.8 Å². The third-order valence-corrected chi connectivity index (χ3v) is 5.81. The number of alkyl carbamates (subject to hydrolysis) is 1. The number of piperidine rings is 1. The van der Waals surface area contributed by atoms with E-state index in [0.29, 0.717) is 31.4 Å². The van der Waals surface area contributed by atoms with Crippen molar-refractivity contribution in [1.29, 1.82) is 0 Å². The maximum Gasteiger partial charge on any atom is 0.407 e. The monoisotopic (exact) mass is 478 g/mol. The van der Waals surface area contributed by atoms with Crippen LogP contribution in [0.1, 0.15) is 52.9 Å². The Bertz CT molecular complexity index is 884. The zero-order valence-corrected chi connectivity index (χ0v) is 20.0. The predicted octanol–water partition coefficient (Wildman–Crippen LogP) is 3.80. The Morgan fingerprint density at radius 2 is 2.09 bits per heavy atom. The van der Waals surface area contributed by atoms with Crippen LogP contribution in [0.5, 0.6) is 5.75 Å². The Hall–Kier alpha value is -2.65. The summed E-state index contributed by atoms with van der Waals surface area (Å²) in [7, 11) is 0. The number of carboxylic acid groups (broad SMARTS) is 1. The van der Waals surface area contributed by atoms with Crippen LogP contribution in [0.4, 0.5) is 9.18 Å². The van der Waals surface area contributed by atoms with Crippen LogP contribution in [0, 0.1) is 5.82 Å².